The zero-order valence-corrected chi connectivity index (χ0v) is 14.4. The largest absolute Gasteiger partial charge is 0.490 e. The van der Waals surface area contributed by atoms with Crippen molar-refractivity contribution in [2.24, 2.45) is 0 Å². The van der Waals surface area contributed by atoms with E-state index in [9.17, 15) is 4.79 Å². The van der Waals surface area contributed by atoms with E-state index in [1.54, 1.807) is 0 Å². The number of ether oxygens (including phenoxy) is 2. The SMILES string of the molecule is CC(C)(C)OC=O.Cc1cccc(OC2CCNCC2)c1C. The predicted octanol–water partition coefficient (Wildman–Crippen LogP) is 3.39. The van der Waals surface area contributed by atoms with Crippen LogP contribution in [-0.4, -0.2) is 31.3 Å². The van der Waals surface area contributed by atoms with Gasteiger partial charge in [-0.15, -0.1) is 0 Å². The number of rotatable bonds is 3. The fourth-order valence-corrected chi connectivity index (χ4v) is 2.09. The first-order valence-corrected chi connectivity index (χ1v) is 7.88. The molecule has 1 saturated heterocycles. The summed E-state index contributed by atoms with van der Waals surface area (Å²) in [5, 5.41) is 3.35. The molecule has 0 atom stereocenters. The Morgan fingerprint density at radius 2 is 1.82 bits per heavy atom. The molecule has 4 heteroatoms. The van der Waals surface area contributed by atoms with Gasteiger partial charge in [0.05, 0.1) is 0 Å². The maximum absolute atomic E-state index is 9.60. The molecule has 1 fully saturated rings. The maximum atomic E-state index is 9.60. The van der Waals surface area contributed by atoms with Gasteiger partial charge in [0.1, 0.15) is 17.5 Å². The van der Waals surface area contributed by atoms with Crippen LogP contribution in [-0.2, 0) is 9.53 Å². The van der Waals surface area contributed by atoms with Crippen molar-refractivity contribution in [2.75, 3.05) is 13.1 Å². The summed E-state index contributed by atoms with van der Waals surface area (Å²) >= 11 is 0. The molecule has 4 nitrogen and oxygen atoms in total. The Kier molecular flexibility index (Phi) is 7.39. The molecule has 0 unspecified atom stereocenters. The van der Waals surface area contributed by atoms with Crippen LogP contribution < -0.4 is 10.1 Å². The van der Waals surface area contributed by atoms with Crippen LogP contribution in [0.15, 0.2) is 18.2 Å². The molecular weight excluding hydrogens is 278 g/mol. The Labute approximate surface area is 134 Å². The second-order valence-corrected chi connectivity index (χ2v) is 6.59. The molecule has 0 spiro atoms. The Bertz CT molecular complexity index is 460. The van der Waals surface area contributed by atoms with Crippen LogP contribution >= 0.6 is 0 Å². The van der Waals surface area contributed by atoms with Gasteiger partial charge in [-0.1, -0.05) is 12.1 Å². The topological polar surface area (TPSA) is 47.6 Å². The second kappa shape index (κ2) is 8.79. The van der Waals surface area contributed by atoms with E-state index in [1.807, 2.05) is 20.8 Å². The van der Waals surface area contributed by atoms with Crippen molar-refractivity contribution in [3.8, 4) is 5.75 Å². The van der Waals surface area contributed by atoms with Gasteiger partial charge in [0.15, 0.2) is 0 Å². The average molecular weight is 307 g/mol. The minimum atomic E-state index is -0.318. The van der Waals surface area contributed by atoms with Gasteiger partial charge in [-0.25, -0.2) is 0 Å². The fourth-order valence-electron chi connectivity index (χ4n) is 2.09. The molecule has 1 aliphatic heterocycles. The summed E-state index contributed by atoms with van der Waals surface area (Å²) in [4.78, 5) is 9.60. The molecule has 0 bridgehead atoms. The van der Waals surface area contributed by atoms with Gasteiger partial charge in [0, 0.05) is 0 Å². The molecule has 1 heterocycles. The zero-order chi connectivity index (χ0) is 16.6. The lowest BCUT2D eigenvalue weighted by molar-refractivity contribution is -0.138. The molecule has 124 valence electrons. The van der Waals surface area contributed by atoms with Crippen molar-refractivity contribution in [1.82, 2.24) is 5.32 Å². The molecule has 0 amide bonds. The van der Waals surface area contributed by atoms with E-state index in [2.05, 4.69) is 42.1 Å². The van der Waals surface area contributed by atoms with Gasteiger partial charge in [0.2, 0.25) is 0 Å². The number of piperidine rings is 1. The first kappa shape index (κ1) is 18.5. The Morgan fingerprint density at radius 1 is 1.18 bits per heavy atom. The molecule has 1 aliphatic rings. The monoisotopic (exact) mass is 307 g/mol. The zero-order valence-electron chi connectivity index (χ0n) is 14.4. The minimum absolute atomic E-state index is 0.318. The van der Waals surface area contributed by atoms with E-state index in [0.29, 0.717) is 12.6 Å². The third-order valence-electron chi connectivity index (χ3n) is 3.54. The molecular formula is C18H29NO3. The molecule has 0 aromatic heterocycles. The number of carbonyl (C=O) groups excluding carboxylic acids is 1. The van der Waals surface area contributed by atoms with Gasteiger partial charge >= 0.3 is 0 Å². The third-order valence-corrected chi connectivity index (χ3v) is 3.54. The summed E-state index contributed by atoms with van der Waals surface area (Å²) in [6.07, 6.45) is 2.63. The number of hydrogen-bond donors (Lipinski definition) is 1. The van der Waals surface area contributed by atoms with Gasteiger partial charge in [-0.05, 0) is 77.7 Å². The smallest absolute Gasteiger partial charge is 0.293 e. The van der Waals surface area contributed by atoms with Crippen LogP contribution in [0.4, 0.5) is 0 Å². The molecule has 0 aliphatic carbocycles. The normalized spacial score (nSPS) is 15.5. The Hall–Kier alpha value is -1.55. The van der Waals surface area contributed by atoms with E-state index in [0.717, 1.165) is 31.7 Å². The Balaban J connectivity index is 0.000000295. The maximum Gasteiger partial charge on any atom is 0.293 e. The van der Waals surface area contributed by atoms with Crippen molar-refractivity contribution in [1.29, 1.82) is 0 Å². The van der Waals surface area contributed by atoms with Crippen LogP contribution in [0.5, 0.6) is 5.75 Å². The molecule has 1 aromatic rings. The highest BCUT2D eigenvalue weighted by atomic mass is 16.5. The number of benzene rings is 1. The lowest BCUT2D eigenvalue weighted by Crippen LogP contribution is -2.34. The molecule has 1 aromatic carbocycles. The quantitative estimate of drug-likeness (QED) is 0.870. The summed E-state index contributed by atoms with van der Waals surface area (Å²) < 4.78 is 10.6. The van der Waals surface area contributed by atoms with Gasteiger partial charge in [0.25, 0.3) is 6.47 Å². The van der Waals surface area contributed by atoms with Crippen LogP contribution in [0.25, 0.3) is 0 Å². The van der Waals surface area contributed by atoms with E-state index < -0.39 is 0 Å². The molecule has 2 rings (SSSR count). The van der Waals surface area contributed by atoms with E-state index >= 15 is 0 Å². The number of nitrogens with one attached hydrogen (secondary N) is 1. The average Bonchev–Trinajstić information content (AvgIpc) is 2.44. The van der Waals surface area contributed by atoms with Crippen molar-refractivity contribution in [3.63, 3.8) is 0 Å². The van der Waals surface area contributed by atoms with E-state index in [1.165, 1.54) is 11.1 Å². The first-order chi connectivity index (χ1) is 10.3. The van der Waals surface area contributed by atoms with Crippen molar-refractivity contribution in [2.45, 2.75) is 59.2 Å². The van der Waals surface area contributed by atoms with Crippen molar-refractivity contribution < 1.29 is 14.3 Å². The minimum Gasteiger partial charge on any atom is -0.490 e. The molecule has 0 radical (unpaired) electrons. The fraction of sp³-hybridized carbons (Fsp3) is 0.611. The molecule has 22 heavy (non-hydrogen) atoms. The number of hydrogen-bond acceptors (Lipinski definition) is 4. The lowest BCUT2D eigenvalue weighted by Gasteiger charge is -2.25. The standard InChI is InChI=1S/C13H19NO.C5H10O2/c1-10-4-3-5-13(11(10)2)15-12-6-8-14-9-7-12;1-5(2,3)7-4-6/h3-5,12,14H,6-9H2,1-2H3;4H,1-3H3. The van der Waals surface area contributed by atoms with E-state index in [4.69, 9.17) is 4.74 Å². The van der Waals surface area contributed by atoms with Crippen LogP contribution in [0.3, 0.4) is 0 Å². The molecule has 0 saturated carbocycles. The summed E-state index contributed by atoms with van der Waals surface area (Å²) in [5.41, 5.74) is 2.26. The highest BCUT2D eigenvalue weighted by Gasteiger charge is 2.15. The second-order valence-electron chi connectivity index (χ2n) is 6.59. The van der Waals surface area contributed by atoms with Crippen LogP contribution in [0.2, 0.25) is 0 Å². The number of carbonyl (C=O) groups is 1. The first-order valence-electron chi connectivity index (χ1n) is 7.88. The highest BCUT2D eigenvalue weighted by Crippen LogP contribution is 2.23. The molecule has 1 N–H and O–H groups in total. The summed E-state index contributed by atoms with van der Waals surface area (Å²) in [7, 11) is 0. The van der Waals surface area contributed by atoms with E-state index in [-0.39, 0.29) is 5.60 Å². The Morgan fingerprint density at radius 3 is 2.32 bits per heavy atom. The summed E-state index contributed by atoms with van der Waals surface area (Å²) in [6.45, 7) is 12.3. The predicted molar refractivity (Wildman–Crippen MR) is 89.3 cm³/mol. The van der Waals surface area contributed by atoms with Gasteiger partial charge < -0.3 is 14.8 Å². The lowest BCUT2D eigenvalue weighted by atomic mass is 10.1. The van der Waals surface area contributed by atoms with Gasteiger partial charge in [-0.3, -0.25) is 4.79 Å². The number of aryl methyl sites for hydroxylation is 1. The van der Waals surface area contributed by atoms with Crippen molar-refractivity contribution >= 4 is 6.47 Å². The third kappa shape index (κ3) is 6.94. The van der Waals surface area contributed by atoms with Crippen LogP contribution in [0, 0.1) is 13.8 Å². The summed E-state index contributed by atoms with van der Waals surface area (Å²) in [6, 6.07) is 6.27. The van der Waals surface area contributed by atoms with Crippen molar-refractivity contribution in [3.05, 3.63) is 29.3 Å². The van der Waals surface area contributed by atoms with Crippen LogP contribution in [0.1, 0.15) is 44.7 Å². The highest BCUT2D eigenvalue weighted by molar-refractivity contribution is 5.38. The summed E-state index contributed by atoms with van der Waals surface area (Å²) in [5.74, 6) is 1.06. The van der Waals surface area contributed by atoms with Gasteiger partial charge in [-0.2, -0.15) is 0 Å².